The highest BCUT2D eigenvalue weighted by molar-refractivity contribution is 8.00. The van der Waals surface area contributed by atoms with Gasteiger partial charge in [0, 0.05) is 6.07 Å². The number of thioether (sulfide) groups is 1. The molecule has 0 fully saturated rings. The van der Waals surface area contributed by atoms with Gasteiger partial charge in [-0.25, -0.2) is 4.39 Å². The number of para-hydroxylation sites is 1. The lowest BCUT2D eigenvalue weighted by molar-refractivity contribution is -0.114. The SMILES string of the molecule is Cc1cc(NC(=O)CSCC(=O)Nc2ccccc2F)no1. The maximum absolute atomic E-state index is 13.3. The maximum atomic E-state index is 13.3. The van der Waals surface area contributed by atoms with Crippen LogP contribution in [0.15, 0.2) is 34.9 Å². The van der Waals surface area contributed by atoms with Gasteiger partial charge in [-0.05, 0) is 19.1 Å². The van der Waals surface area contributed by atoms with Crippen molar-refractivity contribution in [3.63, 3.8) is 0 Å². The van der Waals surface area contributed by atoms with Crippen LogP contribution in [0.4, 0.5) is 15.9 Å². The first-order valence-electron chi connectivity index (χ1n) is 6.40. The number of aromatic nitrogens is 1. The van der Waals surface area contributed by atoms with Gasteiger partial charge in [-0.2, -0.15) is 0 Å². The number of anilines is 2. The van der Waals surface area contributed by atoms with Gasteiger partial charge in [0.15, 0.2) is 5.82 Å². The Morgan fingerprint density at radius 3 is 2.55 bits per heavy atom. The highest BCUT2D eigenvalue weighted by Crippen LogP contribution is 2.13. The van der Waals surface area contributed by atoms with E-state index in [0.29, 0.717) is 11.6 Å². The highest BCUT2D eigenvalue weighted by atomic mass is 32.2. The summed E-state index contributed by atoms with van der Waals surface area (Å²) in [5, 5.41) is 8.61. The zero-order chi connectivity index (χ0) is 15.9. The second-order valence-corrected chi connectivity index (χ2v) is 5.38. The number of nitrogens with one attached hydrogen (secondary N) is 2. The van der Waals surface area contributed by atoms with E-state index in [1.165, 1.54) is 18.2 Å². The number of aryl methyl sites for hydroxylation is 1. The van der Waals surface area contributed by atoms with Crippen LogP contribution in [0.5, 0.6) is 0 Å². The zero-order valence-corrected chi connectivity index (χ0v) is 12.6. The van der Waals surface area contributed by atoms with Crippen molar-refractivity contribution in [2.45, 2.75) is 6.92 Å². The molecule has 0 unspecified atom stereocenters. The standard InChI is InChI=1S/C14H14FN3O3S/c1-9-6-12(18-21-9)17-14(20)8-22-7-13(19)16-11-5-3-2-4-10(11)15/h2-6H,7-8H2,1H3,(H,16,19)(H,17,18,20). The van der Waals surface area contributed by atoms with Crippen molar-refractivity contribution in [1.82, 2.24) is 5.16 Å². The van der Waals surface area contributed by atoms with Gasteiger partial charge >= 0.3 is 0 Å². The number of nitrogens with zero attached hydrogens (tertiary/aromatic N) is 1. The highest BCUT2D eigenvalue weighted by Gasteiger charge is 2.09. The van der Waals surface area contributed by atoms with E-state index in [0.717, 1.165) is 11.8 Å². The fourth-order valence-corrected chi connectivity index (χ4v) is 2.21. The van der Waals surface area contributed by atoms with E-state index >= 15 is 0 Å². The van der Waals surface area contributed by atoms with Crippen LogP contribution in [0.25, 0.3) is 0 Å². The van der Waals surface area contributed by atoms with Crippen LogP contribution in [0.1, 0.15) is 5.76 Å². The molecule has 0 aliphatic carbocycles. The van der Waals surface area contributed by atoms with Crippen molar-refractivity contribution in [1.29, 1.82) is 0 Å². The summed E-state index contributed by atoms with van der Waals surface area (Å²) in [4.78, 5) is 23.3. The van der Waals surface area contributed by atoms with Gasteiger partial charge in [0.2, 0.25) is 11.8 Å². The molecule has 8 heteroatoms. The van der Waals surface area contributed by atoms with Crippen molar-refractivity contribution in [3.05, 3.63) is 41.9 Å². The predicted octanol–water partition coefficient (Wildman–Crippen LogP) is 2.43. The largest absolute Gasteiger partial charge is 0.360 e. The molecule has 0 atom stereocenters. The summed E-state index contributed by atoms with van der Waals surface area (Å²) >= 11 is 1.12. The number of amides is 2. The van der Waals surface area contributed by atoms with Gasteiger partial charge in [0.1, 0.15) is 11.6 Å². The van der Waals surface area contributed by atoms with E-state index in [1.807, 2.05) is 0 Å². The number of benzene rings is 1. The lowest BCUT2D eigenvalue weighted by Gasteiger charge is -2.06. The average molecular weight is 323 g/mol. The van der Waals surface area contributed by atoms with Crippen molar-refractivity contribution >= 4 is 35.1 Å². The molecule has 0 spiro atoms. The Balaban J connectivity index is 1.70. The fraction of sp³-hybridized carbons (Fsp3) is 0.214. The van der Waals surface area contributed by atoms with Crippen LogP contribution in [-0.4, -0.2) is 28.5 Å². The molecule has 0 bridgehead atoms. The molecule has 0 saturated carbocycles. The number of carbonyl (C=O) groups excluding carboxylic acids is 2. The lowest BCUT2D eigenvalue weighted by Crippen LogP contribution is -2.19. The molecule has 2 aromatic rings. The summed E-state index contributed by atoms with van der Waals surface area (Å²) in [6.07, 6.45) is 0. The molecule has 116 valence electrons. The van der Waals surface area contributed by atoms with E-state index < -0.39 is 5.82 Å². The van der Waals surface area contributed by atoms with Crippen LogP contribution in [-0.2, 0) is 9.59 Å². The van der Waals surface area contributed by atoms with E-state index in [4.69, 9.17) is 4.52 Å². The minimum Gasteiger partial charge on any atom is -0.360 e. The van der Waals surface area contributed by atoms with Crippen LogP contribution in [0.2, 0.25) is 0 Å². The van der Waals surface area contributed by atoms with Gasteiger partial charge in [0.05, 0.1) is 17.2 Å². The summed E-state index contributed by atoms with van der Waals surface area (Å²) < 4.78 is 18.2. The van der Waals surface area contributed by atoms with E-state index in [2.05, 4.69) is 15.8 Å². The van der Waals surface area contributed by atoms with E-state index in [1.54, 1.807) is 19.1 Å². The number of rotatable bonds is 6. The number of hydrogen-bond donors (Lipinski definition) is 2. The number of halogens is 1. The summed E-state index contributed by atoms with van der Waals surface area (Å²) in [5.74, 6) is -0.126. The minimum atomic E-state index is -0.500. The third-order valence-corrected chi connectivity index (χ3v) is 3.44. The van der Waals surface area contributed by atoms with Crippen molar-refractivity contribution in [2.24, 2.45) is 0 Å². The zero-order valence-electron chi connectivity index (χ0n) is 11.8. The Kier molecular flexibility index (Phi) is 5.54. The molecular formula is C14H14FN3O3S. The summed E-state index contributed by atoms with van der Waals surface area (Å²) in [5.41, 5.74) is 0.121. The van der Waals surface area contributed by atoms with Crippen LogP contribution in [0, 0.1) is 12.7 Å². The molecule has 0 radical (unpaired) electrons. The first-order valence-corrected chi connectivity index (χ1v) is 7.55. The van der Waals surface area contributed by atoms with Crippen LogP contribution in [0.3, 0.4) is 0 Å². The first kappa shape index (κ1) is 16.0. The topological polar surface area (TPSA) is 84.2 Å². The Labute approximate surface area is 130 Å². The molecule has 0 saturated heterocycles. The second-order valence-electron chi connectivity index (χ2n) is 4.39. The van der Waals surface area contributed by atoms with Crippen molar-refractivity contribution in [3.8, 4) is 0 Å². The van der Waals surface area contributed by atoms with Gasteiger partial charge in [-0.1, -0.05) is 17.3 Å². The normalized spacial score (nSPS) is 10.3. The Bertz CT molecular complexity index is 675. The maximum Gasteiger partial charge on any atom is 0.235 e. The molecule has 0 aliphatic heterocycles. The lowest BCUT2D eigenvalue weighted by atomic mass is 10.3. The number of carbonyl (C=O) groups is 2. The number of hydrogen-bond acceptors (Lipinski definition) is 5. The van der Waals surface area contributed by atoms with Crippen LogP contribution >= 0.6 is 11.8 Å². The fourth-order valence-electron chi connectivity index (χ4n) is 1.59. The Morgan fingerprint density at radius 1 is 1.23 bits per heavy atom. The van der Waals surface area contributed by atoms with E-state index in [9.17, 15) is 14.0 Å². The third-order valence-electron chi connectivity index (χ3n) is 2.51. The second kappa shape index (κ2) is 7.60. The smallest absolute Gasteiger partial charge is 0.235 e. The molecular weight excluding hydrogens is 309 g/mol. The Hall–Kier alpha value is -2.35. The summed E-state index contributed by atoms with van der Waals surface area (Å²) in [6, 6.07) is 7.48. The predicted molar refractivity (Wildman–Crippen MR) is 82.2 cm³/mol. The molecule has 2 rings (SSSR count). The minimum absolute atomic E-state index is 0.0413. The van der Waals surface area contributed by atoms with Crippen LogP contribution < -0.4 is 10.6 Å². The monoisotopic (exact) mass is 323 g/mol. The van der Waals surface area contributed by atoms with Gasteiger partial charge in [0.25, 0.3) is 0 Å². The van der Waals surface area contributed by atoms with Gasteiger partial charge in [-0.15, -0.1) is 11.8 Å². The summed E-state index contributed by atoms with van der Waals surface area (Å²) in [7, 11) is 0. The average Bonchev–Trinajstić information content (AvgIpc) is 2.86. The molecule has 1 heterocycles. The molecule has 2 amide bonds. The van der Waals surface area contributed by atoms with Gasteiger partial charge < -0.3 is 15.2 Å². The van der Waals surface area contributed by atoms with Gasteiger partial charge in [-0.3, -0.25) is 9.59 Å². The molecule has 6 nitrogen and oxygen atoms in total. The first-order chi connectivity index (χ1) is 10.5. The van der Waals surface area contributed by atoms with Crippen molar-refractivity contribution in [2.75, 3.05) is 22.1 Å². The molecule has 1 aromatic carbocycles. The molecule has 2 N–H and O–H groups in total. The molecule has 1 aromatic heterocycles. The quantitative estimate of drug-likeness (QED) is 0.853. The molecule has 0 aliphatic rings. The summed E-state index contributed by atoms with van der Waals surface area (Å²) in [6.45, 7) is 1.71. The Morgan fingerprint density at radius 2 is 1.91 bits per heavy atom. The molecule has 22 heavy (non-hydrogen) atoms. The third kappa shape index (κ3) is 4.88. The van der Waals surface area contributed by atoms with Crippen molar-refractivity contribution < 1.29 is 18.5 Å². The van der Waals surface area contributed by atoms with E-state index in [-0.39, 0.29) is 29.0 Å².